The van der Waals surface area contributed by atoms with Crippen LogP contribution in [0.4, 0.5) is 0 Å². The molecule has 0 spiro atoms. The number of carbonyl (C=O) groups is 1. The highest BCUT2D eigenvalue weighted by Gasteiger charge is 2.36. The zero-order chi connectivity index (χ0) is 22.0. The first-order chi connectivity index (χ1) is 14.8. The zero-order valence-corrected chi connectivity index (χ0v) is 17.8. The van der Waals surface area contributed by atoms with E-state index in [-0.39, 0.29) is 34.9 Å². The van der Waals surface area contributed by atoms with Crippen LogP contribution in [0.25, 0.3) is 0 Å². The molecule has 2 aliphatic heterocycles. The summed E-state index contributed by atoms with van der Waals surface area (Å²) >= 11 is 0. The van der Waals surface area contributed by atoms with Crippen LogP contribution < -0.4 is 4.74 Å². The van der Waals surface area contributed by atoms with Gasteiger partial charge in [0.2, 0.25) is 0 Å². The van der Waals surface area contributed by atoms with Crippen LogP contribution in [0.1, 0.15) is 37.8 Å². The Morgan fingerprint density at radius 3 is 1.97 bits per heavy atom. The van der Waals surface area contributed by atoms with Crippen molar-refractivity contribution in [2.45, 2.75) is 44.3 Å². The second-order valence-electron chi connectivity index (χ2n) is 8.77. The van der Waals surface area contributed by atoms with E-state index in [1.807, 2.05) is 36.4 Å². The molecule has 6 nitrogen and oxygen atoms in total. The third-order valence-electron chi connectivity index (χ3n) is 6.07. The van der Waals surface area contributed by atoms with Crippen LogP contribution in [0.3, 0.4) is 0 Å². The number of hydrogen-bond acceptors (Lipinski definition) is 5. The van der Waals surface area contributed by atoms with Crippen LogP contribution >= 0.6 is 0 Å². The lowest BCUT2D eigenvalue weighted by molar-refractivity contribution is -0.133. The van der Waals surface area contributed by atoms with Crippen molar-refractivity contribution in [3.8, 4) is 11.5 Å². The standard InChI is InChI=1S/C25H28O6/c1-25(2,17-3-7-19(26)8-4-17)18-5-9-20(10-6-18)31-15-23(24(27)28)16(11-21-13-29-21)12-22-14-30-22/h3-10,15-16,21-22,26H,11-14H2,1-2H3,(H,27,28). The third kappa shape index (κ3) is 5.46. The minimum absolute atomic E-state index is 0.132. The second-order valence-corrected chi connectivity index (χ2v) is 8.77. The molecule has 0 aliphatic carbocycles. The quantitative estimate of drug-likeness (QED) is 0.336. The molecule has 2 atom stereocenters. The number of hydrogen-bond donors (Lipinski definition) is 2. The first-order valence-corrected chi connectivity index (χ1v) is 10.6. The minimum atomic E-state index is -0.976. The minimum Gasteiger partial charge on any atom is -0.508 e. The normalized spacial score (nSPS) is 21.4. The molecule has 2 aromatic carbocycles. The van der Waals surface area contributed by atoms with Gasteiger partial charge in [0.05, 0.1) is 31.0 Å². The van der Waals surface area contributed by atoms with Crippen LogP contribution in [-0.2, 0) is 19.7 Å². The van der Waals surface area contributed by atoms with Gasteiger partial charge in [0, 0.05) is 5.41 Å². The molecule has 0 amide bonds. The highest BCUT2D eigenvalue weighted by molar-refractivity contribution is 5.87. The summed E-state index contributed by atoms with van der Waals surface area (Å²) < 4.78 is 16.4. The monoisotopic (exact) mass is 424 g/mol. The fraction of sp³-hybridized carbons (Fsp3) is 0.400. The summed E-state index contributed by atoms with van der Waals surface area (Å²) in [5.41, 5.74) is 2.16. The highest BCUT2D eigenvalue weighted by Crippen LogP contribution is 2.34. The van der Waals surface area contributed by atoms with E-state index in [1.165, 1.54) is 6.26 Å². The van der Waals surface area contributed by atoms with Crippen molar-refractivity contribution in [1.29, 1.82) is 0 Å². The fourth-order valence-corrected chi connectivity index (χ4v) is 3.84. The van der Waals surface area contributed by atoms with E-state index in [9.17, 15) is 15.0 Å². The van der Waals surface area contributed by atoms with E-state index in [0.29, 0.717) is 31.8 Å². The summed E-state index contributed by atoms with van der Waals surface area (Å²) in [6.45, 7) is 5.60. The molecular formula is C25H28O6. The average Bonchev–Trinajstić information content (AvgIpc) is 3.66. The van der Waals surface area contributed by atoms with Gasteiger partial charge in [-0.2, -0.15) is 0 Å². The van der Waals surface area contributed by atoms with Gasteiger partial charge in [-0.05, 0) is 54.2 Å². The Kier molecular flexibility index (Phi) is 6.03. The van der Waals surface area contributed by atoms with Crippen LogP contribution in [0, 0.1) is 5.92 Å². The van der Waals surface area contributed by atoms with Crippen molar-refractivity contribution in [1.82, 2.24) is 0 Å². The van der Waals surface area contributed by atoms with Gasteiger partial charge in [-0.3, -0.25) is 0 Å². The van der Waals surface area contributed by atoms with E-state index in [2.05, 4.69) is 13.8 Å². The average molecular weight is 424 g/mol. The number of epoxide rings is 2. The summed E-state index contributed by atoms with van der Waals surface area (Å²) in [6, 6.07) is 14.8. The highest BCUT2D eigenvalue weighted by atomic mass is 16.6. The second kappa shape index (κ2) is 8.73. The molecule has 2 aromatic rings. The zero-order valence-electron chi connectivity index (χ0n) is 17.8. The summed E-state index contributed by atoms with van der Waals surface area (Å²) in [7, 11) is 0. The van der Waals surface area contributed by atoms with Gasteiger partial charge in [0.15, 0.2) is 0 Å². The number of phenolic OH excluding ortho intramolecular Hbond substituents is 1. The Hall–Kier alpha value is -2.83. The predicted octanol–water partition coefficient (Wildman–Crippen LogP) is 4.26. The Bertz CT molecular complexity index is 923. The van der Waals surface area contributed by atoms with Crippen LogP contribution in [0.2, 0.25) is 0 Å². The van der Waals surface area contributed by atoms with Gasteiger partial charge in [-0.1, -0.05) is 38.1 Å². The van der Waals surface area contributed by atoms with Gasteiger partial charge in [-0.25, -0.2) is 4.79 Å². The van der Waals surface area contributed by atoms with Crippen molar-refractivity contribution < 1.29 is 29.2 Å². The van der Waals surface area contributed by atoms with E-state index < -0.39 is 5.97 Å². The lowest BCUT2D eigenvalue weighted by Crippen LogP contribution is -2.18. The molecule has 2 unspecified atom stereocenters. The molecule has 2 heterocycles. The van der Waals surface area contributed by atoms with Gasteiger partial charge < -0.3 is 24.4 Å². The number of ether oxygens (including phenoxy) is 3. The Labute approximate surface area is 182 Å². The Morgan fingerprint density at radius 2 is 1.52 bits per heavy atom. The first-order valence-electron chi connectivity index (χ1n) is 10.6. The number of carboxylic acids is 1. The van der Waals surface area contributed by atoms with Gasteiger partial charge in [0.1, 0.15) is 17.8 Å². The molecule has 164 valence electrons. The molecule has 2 aliphatic rings. The summed E-state index contributed by atoms with van der Waals surface area (Å²) in [5, 5.41) is 19.3. The molecule has 4 rings (SSSR count). The molecule has 0 aromatic heterocycles. The number of rotatable bonds is 10. The number of benzene rings is 2. The van der Waals surface area contributed by atoms with Crippen molar-refractivity contribution in [2.24, 2.45) is 5.92 Å². The fourth-order valence-electron chi connectivity index (χ4n) is 3.84. The maximum atomic E-state index is 11.9. The molecule has 31 heavy (non-hydrogen) atoms. The molecule has 2 fully saturated rings. The van der Waals surface area contributed by atoms with E-state index in [0.717, 1.165) is 11.1 Å². The molecule has 2 N–H and O–H groups in total. The maximum Gasteiger partial charge on any atom is 0.334 e. The van der Waals surface area contributed by atoms with Crippen molar-refractivity contribution in [2.75, 3.05) is 13.2 Å². The topological polar surface area (TPSA) is 91.8 Å². The third-order valence-corrected chi connectivity index (χ3v) is 6.07. The molecule has 6 heteroatoms. The lowest BCUT2D eigenvalue weighted by Gasteiger charge is -2.26. The lowest BCUT2D eigenvalue weighted by atomic mass is 9.78. The summed E-state index contributed by atoms with van der Waals surface area (Å²) in [4.78, 5) is 11.9. The van der Waals surface area contributed by atoms with Crippen molar-refractivity contribution in [3.63, 3.8) is 0 Å². The van der Waals surface area contributed by atoms with E-state index in [4.69, 9.17) is 14.2 Å². The van der Waals surface area contributed by atoms with Crippen LogP contribution in [0.5, 0.6) is 11.5 Å². The number of aliphatic carboxylic acids is 1. The first kappa shape index (κ1) is 21.4. The van der Waals surface area contributed by atoms with E-state index in [1.54, 1.807) is 12.1 Å². The summed E-state index contributed by atoms with van der Waals surface area (Å²) in [5.74, 6) is -0.321. The van der Waals surface area contributed by atoms with Crippen molar-refractivity contribution in [3.05, 3.63) is 71.5 Å². The smallest absolute Gasteiger partial charge is 0.334 e. The van der Waals surface area contributed by atoms with Gasteiger partial charge >= 0.3 is 5.97 Å². The number of carboxylic acid groups (broad SMARTS) is 1. The van der Waals surface area contributed by atoms with Crippen molar-refractivity contribution >= 4 is 5.97 Å². The van der Waals surface area contributed by atoms with Gasteiger partial charge in [0.25, 0.3) is 0 Å². The molecule has 0 radical (unpaired) electrons. The van der Waals surface area contributed by atoms with Crippen LogP contribution in [-0.4, -0.2) is 41.6 Å². The predicted molar refractivity (Wildman–Crippen MR) is 115 cm³/mol. The molecule has 0 saturated carbocycles. The molecule has 0 bridgehead atoms. The van der Waals surface area contributed by atoms with Crippen LogP contribution in [0.15, 0.2) is 60.4 Å². The Balaban J connectivity index is 1.48. The maximum absolute atomic E-state index is 11.9. The van der Waals surface area contributed by atoms with E-state index >= 15 is 0 Å². The number of phenols is 1. The SMILES string of the molecule is CC(C)(c1ccc(O)cc1)c1ccc(OC=C(C(=O)O)C(CC2CO2)CC2CO2)cc1. The molecular weight excluding hydrogens is 396 g/mol. The Morgan fingerprint density at radius 1 is 1.03 bits per heavy atom. The largest absolute Gasteiger partial charge is 0.508 e. The molecule has 2 saturated heterocycles. The summed E-state index contributed by atoms with van der Waals surface area (Å²) in [6.07, 6.45) is 2.96. The van der Waals surface area contributed by atoms with Gasteiger partial charge in [-0.15, -0.1) is 0 Å². The number of aromatic hydroxyl groups is 1.